The van der Waals surface area contributed by atoms with Crippen LogP contribution in [0.2, 0.25) is 0 Å². The van der Waals surface area contributed by atoms with Gasteiger partial charge >= 0.3 is 0 Å². The SMILES string of the molecule is [CH]1CCNNN1. The molecular weight excluding hydrogens is 78.1 g/mol. The molecule has 0 spiro atoms. The van der Waals surface area contributed by atoms with Crippen molar-refractivity contribution in [1.82, 2.24) is 16.4 Å². The molecule has 3 N–H and O–H groups in total. The van der Waals surface area contributed by atoms with Gasteiger partial charge in [0, 0.05) is 13.1 Å². The van der Waals surface area contributed by atoms with E-state index in [1.807, 2.05) is 6.54 Å². The minimum absolute atomic E-state index is 1.02. The van der Waals surface area contributed by atoms with E-state index >= 15 is 0 Å². The minimum atomic E-state index is 1.02. The highest BCUT2D eigenvalue weighted by atomic mass is 15.6. The van der Waals surface area contributed by atoms with Crippen LogP contribution in [0.3, 0.4) is 0 Å². The van der Waals surface area contributed by atoms with Gasteiger partial charge in [0.2, 0.25) is 0 Å². The van der Waals surface area contributed by atoms with Crippen LogP contribution in [0.5, 0.6) is 0 Å². The van der Waals surface area contributed by atoms with Crippen molar-refractivity contribution in [2.45, 2.75) is 6.42 Å². The molecule has 3 heteroatoms. The third kappa shape index (κ3) is 0.931. The molecule has 3 nitrogen and oxygen atoms in total. The maximum atomic E-state index is 2.89. The van der Waals surface area contributed by atoms with Crippen LogP contribution in [0, 0.1) is 6.54 Å². The molecule has 1 radical (unpaired) electrons. The van der Waals surface area contributed by atoms with Gasteiger partial charge in [-0.15, -0.1) is 0 Å². The van der Waals surface area contributed by atoms with Crippen LogP contribution in [0.25, 0.3) is 0 Å². The molecule has 1 rings (SSSR count). The van der Waals surface area contributed by atoms with Gasteiger partial charge in [-0.2, -0.15) is 5.53 Å². The second-order valence-electron chi connectivity index (χ2n) is 1.19. The van der Waals surface area contributed by atoms with Crippen molar-refractivity contribution in [2.75, 3.05) is 6.54 Å². The summed E-state index contributed by atoms with van der Waals surface area (Å²) in [5.41, 5.74) is 8.42. The van der Waals surface area contributed by atoms with E-state index in [4.69, 9.17) is 0 Å². The molecule has 0 atom stereocenters. The quantitative estimate of drug-likeness (QED) is 0.359. The summed E-state index contributed by atoms with van der Waals surface area (Å²) in [5, 5.41) is 0. The van der Waals surface area contributed by atoms with Crippen LogP contribution in [0.15, 0.2) is 0 Å². The van der Waals surface area contributed by atoms with Crippen LogP contribution in [0.4, 0.5) is 0 Å². The van der Waals surface area contributed by atoms with Crippen molar-refractivity contribution in [1.29, 1.82) is 0 Å². The fourth-order valence-corrected chi connectivity index (χ4v) is 0.381. The third-order valence-corrected chi connectivity index (χ3v) is 0.676. The maximum Gasteiger partial charge on any atom is 0.0406 e. The van der Waals surface area contributed by atoms with Crippen molar-refractivity contribution in [3.63, 3.8) is 0 Å². The van der Waals surface area contributed by atoms with Crippen molar-refractivity contribution in [2.24, 2.45) is 0 Å². The van der Waals surface area contributed by atoms with Gasteiger partial charge in [-0.3, -0.25) is 0 Å². The van der Waals surface area contributed by atoms with Gasteiger partial charge in [-0.25, -0.2) is 10.9 Å². The Hall–Kier alpha value is -0.120. The number of hydrogen-bond donors (Lipinski definition) is 3. The van der Waals surface area contributed by atoms with E-state index in [1.54, 1.807) is 0 Å². The number of hydrazine groups is 2. The van der Waals surface area contributed by atoms with Gasteiger partial charge in [0.05, 0.1) is 0 Å². The van der Waals surface area contributed by atoms with E-state index in [2.05, 4.69) is 16.4 Å². The largest absolute Gasteiger partial charge is 0.244 e. The highest BCUT2D eigenvalue weighted by molar-refractivity contribution is 4.62. The zero-order valence-corrected chi connectivity index (χ0v) is 3.49. The van der Waals surface area contributed by atoms with Crippen molar-refractivity contribution < 1.29 is 0 Å². The van der Waals surface area contributed by atoms with Crippen molar-refractivity contribution in [3.8, 4) is 0 Å². The van der Waals surface area contributed by atoms with Crippen LogP contribution in [0.1, 0.15) is 6.42 Å². The lowest BCUT2D eigenvalue weighted by atomic mass is 10.4. The topological polar surface area (TPSA) is 36.1 Å². The Kier molecular flexibility index (Phi) is 1.43. The summed E-state index contributed by atoms with van der Waals surface area (Å²) in [7, 11) is 0. The summed E-state index contributed by atoms with van der Waals surface area (Å²) < 4.78 is 0. The first-order valence-corrected chi connectivity index (χ1v) is 2.05. The highest BCUT2D eigenvalue weighted by Gasteiger charge is 1.91. The first kappa shape index (κ1) is 4.05. The lowest BCUT2D eigenvalue weighted by molar-refractivity contribution is 0.413. The standard InChI is InChI=1S/C3H8N3/c1-2-4-6-5-3-1/h2,4-6H,1,3H2. The molecule has 35 valence electrons. The van der Waals surface area contributed by atoms with Gasteiger partial charge in [-0.05, 0) is 6.42 Å². The van der Waals surface area contributed by atoms with Crippen LogP contribution < -0.4 is 16.4 Å². The molecule has 1 saturated heterocycles. The molecule has 1 fully saturated rings. The van der Waals surface area contributed by atoms with Gasteiger partial charge in [0.1, 0.15) is 0 Å². The molecule has 0 amide bonds. The fourth-order valence-electron chi connectivity index (χ4n) is 0.381. The summed E-state index contributed by atoms with van der Waals surface area (Å²) in [6.07, 6.45) is 1.09. The summed E-state index contributed by atoms with van der Waals surface area (Å²) in [4.78, 5) is 0. The monoisotopic (exact) mass is 86.1 g/mol. The van der Waals surface area contributed by atoms with Crippen LogP contribution in [-0.4, -0.2) is 6.54 Å². The van der Waals surface area contributed by atoms with E-state index in [0.29, 0.717) is 0 Å². The Morgan fingerprint density at radius 3 is 2.67 bits per heavy atom. The molecule has 1 aliphatic rings. The van der Waals surface area contributed by atoms with E-state index < -0.39 is 0 Å². The normalized spacial score (nSPS) is 24.0. The predicted molar refractivity (Wildman–Crippen MR) is 23.2 cm³/mol. The molecular formula is C3H8N3. The first-order chi connectivity index (χ1) is 3.00. The average Bonchev–Trinajstić information content (AvgIpc) is 1.72. The van der Waals surface area contributed by atoms with Gasteiger partial charge in [0.15, 0.2) is 0 Å². The van der Waals surface area contributed by atoms with E-state index in [0.717, 1.165) is 13.0 Å². The number of rotatable bonds is 0. The molecule has 6 heavy (non-hydrogen) atoms. The van der Waals surface area contributed by atoms with Crippen molar-refractivity contribution >= 4 is 0 Å². The highest BCUT2D eigenvalue weighted by Crippen LogP contribution is 1.78. The minimum Gasteiger partial charge on any atom is -0.244 e. The molecule has 0 bridgehead atoms. The zero-order chi connectivity index (χ0) is 4.24. The average molecular weight is 86.1 g/mol. The molecule has 0 saturated carbocycles. The van der Waals surface area contributed by atoms with E-state index in [1.165, 1.54) is 0 Å². The fraction of sp³-hybridized carbons (Fsp3) is 0.667. The van der Waals surface area contributed by atoms with Gasteiger partial charge in [-0.1, -0.05) is 0 Å². The Balaban J connectivity index is 2.00. The summed E-state index contributed by atoms with van der Waals surface area (Å²) in [6, 6.07) is 0. The Morgan fingerprint density at radius 1 is 1.50 bits per heavy atom. The van der Waals surface area contributed by atoms with Crippen LogP contribution >= 0.6 is 0 Å². The zero-order valence-electron chi connectivity index (χ0n) is 3.49. The van der Waals surface area contributed by atoms with Crippen LogP contribution in [-0.2, 0) is 0 Å². The Morgan fingerprint density at radius 2 is 2.50 bits per heavy atom. The Bertz CT molecular complexity index is 21.5. The lowest BCUT2D eigenvalue weighted by Crippen LogP contribution is -2.46. The molecule has 0 aliphatic carbocycles. The summed E-state index contributed by atoms with van der Waals surface area (Å²) in [6.45, 7) is 2.99. The predicted octanol–water partition coefficient (Wildman–Crippen LogP) is -0.849. The molecule has 0 unspecified atom stereocenters. The lowest BCUT2D eigenvalue weighted by Gasteiger charge is -2.12. The van der Waals surface area contributed by atoms with Gasteiger partial charge in [0.25, 0.3) is 0 Å². The molecule has 1 heterocycles. The molecule has 0 aromatic carbocycles. The molecule has 1 aliphatic heterocycles. The molecule has 0 aromatic heterocycles. The second kappa shape index (κ2) is 2.12. The summed E-state index contributed by atoms with van der Waals surface area (Å²) >= 11 is 0. The smallest absolute Gasteiger partial charge is 0.0406 e. The van der Waals surface area contributed by atoms with Gasteiger partial charge < -0.3 is 0 Å². The first-order valence-electron chi connectivity index (χ1n) is 2.05. The summed E-state index contributed by atoms with van der Waals surface area (Å²) in [5.74, 6) is 0. The Labute approximate surface area is 37.1 Å². The number of nitrogens with one attached hydrogen (secondary N) is 3. The third-order valence-electron chi connectivity index (χ3n) is 0.676. The van der Waals surface area contributed by atoms with E-state index in [-0.39, 0.29) is 0 Å². The van der Waals surface area contributed by atoms with Crippen molar-refractivity contribution in [3.05, 3.63) is 6.54 Å². The van der Waals surface area contributed by atoms with E-state index in [9.17, 15) is 0 Å². The number of hydrogen-bond acceptors (Lipinski definition) is 3. The maximum absolute atomic E-state index is 2.89. The second-order valence-corrected chi connectivity index (χ2v) is 1.19. The molecule has 0 aromatic rings.